The average Bonchev–Trinajstić information content (AvgIpc) is 2.28. The maximum absolute atomic E-state index is 11.7. The van der Waals surface area contributed by atoms with Crippen molar-refractivity contribution < 1.29 is 5.11 Å². The molecule has 1 aromatic heterocycles. The highest BCUT2D eigenvalue weighted by Gasteiger charge is 2.13. The highest BCUT2D eigenvalue weighted by atomic mass is 16.3. The van der Waals surface area contributed by atoms with E-state index in [2.05, 4.69) is 4.90 Å². The van der Waals surface area contributed by atoms with E-state index in [0.717, 1.165) is 25.2 Å². The second-order valence-electron chi connectivity index (χ2n) is 5.49. The topological polar surface area (TPSA) is 48.7 Å². The second-order valence-corrected chi connectivity index (χ2v) is 5.49. The van der Waals surface area contributed by atoms with E-state index in [9.17, 15) is 9.90 Å². The summed E-state index contributed by atoms with van der Waals surface area (Å²) >= 11 is 0. The molecule has 0 atom stereocenters. The molecule has 0 saturated heterocycles. The van der Waals surface area contributed by atoms with Gasteiger partial charge in [0.25, 0.3) is 0 Å². The first kappa shape index (κ1) is 15.7. The van der Waals surface area contributed by atoms with Gasteiger partial charge in [-0.15, -0.1) is 0 Å². The predicted molar refractivity (Wildman–Crippen MR) is 77.7 cm³/mol. The van der Waals surface area contributed by atoms with Crippen LogP contribution in [0.3, 0.4) is 0 Å². The summed E-state index contributed by atoms with van der Waals surface area (Å²) < 4.78 is 2.04. The third-order valence-corrected chi connectivity index (χ3v) is 3.05. The van der Waals surface area contributed by atoms with Gasteiger partial charge in [-0.05, 0) is 48.1 Å². The fourth-order valence-corrected chi connectivity index (χ4v) is 2.14. The van der Waals surface area contributed by atoms with E-state index in [-0.39, 0.29) is 11.2 Å². The number of rotatable bonds is 6. The number of hydrogen-bond acceptors (Lipinski definition) is 4. The summed E-state index contributed by atoms with van der Waals surface area (Å²) in [6.07, 6.45) is 0.983. The summed E-state index contributed by atoms with van der Waals surface area (Å²) in [7, 11) is 7.93. The van der Waals surface area contributed by atoms with Gasteiger partial charge in [0.05, 0.1) is 5.69 Å². The Labute approximate surface area is 115 Å². The van der Waals surface area contributed by atoms with E-state index in [1.807, 2.05) is 44.6 Å². The van der Waals surface area contributed by atoms with Gasteiger partial charge in [-0.2, -0.15) is 0 Å². The molecule has 0 aliphatic heterocycles. The zero-order valence-corrected chi connectivity index (χ0v) is 12.6. The summed E-state index contributed by atoms with van der Waals surface area (Å²) in [6, 6.07) is 1.50. The van der Waals surface area contributed by atoms with Crippen molar-refractivity contribution in [3.8, 4) is 5.75 Å². The van der Waals surface area contributed by atoms with Crippen LogP contribution in [0.1, 0.15) is 17.8 Å². The lowest BCUT2D eigenvalue weighted by atomic mass is 10.2. The van der Waals surface area contributed by atoms with E-state index in [0.29, 0.717) is 12.2 Å². The standard InChI is InChI=1S/C14H25N3O2/c1-11-9-13(18)14(19)12(10-16(4)5)17(11)8-6-7-15(2)3/h9,19H,6-8,10H2,1-5H3. The van der Waals surface area contributed by atoms with Crippen molar-refractivity contribution in [2.45, 2.75) is 26.4 Å². The van der Waals surface area contributed by atoms with Gasteiger partial charge >= 0.3 is 0 Å². The van der Waals surface area contributed by atoms with Gasteiger partial charge in [-0.3, -0.25) is 4.79 Å². The van der Waals surface area contributed by atoms with Gasteiger partial charge in [0, 0.05) is 24.8 Å². The molecular formula is C14H25N3O2. The second kappa shape index (κ2) is 6.73. The Morgan fingerprint density at radius 2 is 1.84 bits per heavy atom. The molecule has 0 radical (unpaired) electrons. The fraction of sp³-hybridized carbons (Fsp3) is 0.643. The minimum atomic E-state index is -0.293. The zero-order chi connectivity index (χ0) is 14.6. The van der Waals surface area contributed by atoms with Crippen molar-refractivity contribution in [2.75, 3.05) is 34.7 Å². The Bertz CT molecular complexity index is 478. The number of aromatic hydroxyl groups is 1. The lowest BCUT2D eigenvalue weighted by molar-refractivity contribution is 0.349. The number of aryl methyl sites for hydroxylation is 1. The van der Waals surface area contributed by atoms with E-state index >= 15 is 0 Å². The highest BCUT2D eigenvalue weighted by molar-refractivity contribution is 5.29. The van der Waals surface area contributed by atoms with Crippen LogP contribution >= 0.6 is 0 Å². The highest BCUT2D eigenvalue weighted by Crippen LogP contribution is 2.16. The Balaban J connectivity index is 3.05. The largest absolute Gasteiger partial charge is 0.503 e. The van der Waals surface area contributed by atoms with Crippen molar-refractivity contribution in [1.82, 2.24) is 14.4 Å². The fourth-order valence-electron chi connectivity index (χ4n) is 2.14. The molecule has 0 unspecified atom stereocenters. The first-order valence-electron chi connectivity index (χ1n) is 6.54. The van der Waals surface area contributed by atoms with Crippen LogP contribution in [-0.2, 0) is 13.1 Å². The van der Waals surface area contributed by atoms with Gasteiger partial charge in [-0.1, -0.05) is 0 Å². The van der Waals surface area contributed by atoms with Crippen LogP contribution in [0, 0.1) is 6.92 Å². The number of hydrogen-bond donors (Lipinski definition) is 1. The van der Waals surface area contributed by atoms with Crippen molar-refractivity contribution in [3.63, 3.8) is 0 Å². The number of nitrogens with zero attached hydrogens (tertiary/aromatic N) is 3. The molecule has 0 aliphatic carbocycles. The van der Waals surface area contributed by atoms with Gasteiger partial charge in [0.15, 0.2) is 5.75 Å². The Morgan fingerprint density at radius 3 is 2.37 bits per heavy atom. The van der Waals surface area contributed by atoms with Crippen molar-refractivity contribution in [3.05, 3.63) is 27.7 Å². The van der Waals surface area contributed by atoms with Gasteiger partial charge < -0.3 is 19.5 Å². The molecule has 0 saturated carbocycles. The Hall–Kier alpha value is -1.33. The first-order valence-corrected chi connectivity index (χ1v) is 6.54. The van der Waals surface area contributed by atoms with Gasteiger partial charge in [0.1, 0.15) is 0 Å². The molecule has 1 heterocycles. The summed E-state index contributed by atoms with van der Waals surface area (Å²) in [5.41, 5.74) is 1.31. The quantitative estimate of drug-likeness (QED) is 0.831. The molecule has 19 heavy (non-hydrogen) atoms. The van der Waals surface area contributed by atoms with E-state index in [4.69, 9.17) is 0 Å². The first-order chi connectivity index (χ1) is 8.82. The molecule has 0 bridgehead atoms. The normalized spacial score (nSPS) is 11.5. The van der Waals surface area contributed by atoms with Crippen LogP contribution in [0.25, 0.3) is 0 Å². The zero-order valence-electron chi connectivity index (χ0n) is 12.6. The van der Waals surface area contributed by atoms with Crippen molar-refractivity contribution in [1.29, 1.82) is 0 Å². The Morgan fingerprint density at radius 1 is 1.21 bits per heavy atom. The minimum Gasteiger partial charge on any atom is -0.503 e. The molecule has 0 fully saturated rings. The van der Waals surface area contributed by atoms with Crippen LogP contribution in [0.5, 0.6) is 5.75 Å². The molecule has 0 aliphatic rings. The maximum atomic E-state index is 11.7. The van der Waals surface area contributed by atoms with E-state index < -0.39 is 0 Å². The Kier molecular flexibility index (Phi) is 5.57. The molecule has 1 aromatic rings. The maximum Gasteiger partial charge on any atom is 0.223 e. The smallest absolute Gasteiger partial charge is 0.223 e. The number of aromatic nitrogens is 1. The monoisotopic (exact) mass is 267 g/mol. The van der Waals surface area contributed by atoms with E-state index in [1.54, 1.807) is 0 Å². The summed E-state index contributed by atoms with van der Waals surface area (Å²) in [4.78, 5) is 15.8. The molecule has 0 spiro atoms. The predicted octanol–water partition coefficient (Wildman–Crippen LogP) is 0.876. The van der Waals surface area contributed by atoms with Gasteiger partial charge in [-0.25, -0.2) is 0 Å². The minimum absolute atomic E-state index is 0.121. The van der Waals surface area contributed by atoms with Crippen LogP contribution in [0.2, 0.25) is 0 Å². The third-order valence-electron chi connectivity index (χ3n) is 3.05. The lowest BCUT2D eigenvalue weighted by Gasteiger charge is -2.21. The molecular weight excluding hydrogens is 242 g/mol. The molecule has 5 nitrogen and oxygen atoms in total. The van der Waals surface area contributed by atoms with Crippen molar-refractivity contribution >= 4 is 0 Å². The molecule has 1 N–H and O–H groups in total. The molecule has 0 amide bonds. The average molecular weight is 267 g/mol. The van der Waals surface area contributed by atoms with Crippen LogP contribution in [-0.4, -0.2) is 54.2 Å². The van der Waals surface area contributed by atoms with Crippen molar-refractivity contribution in [2.24, 2.45) is 0 Å². The molecule has 5 heteroatoms. The number of pyridine rings is 1. The summed E-state index contributed by atoms with van der Waals surface area (Å²) in [5.74, 6) is -0.121. The summed E-state index contributed by atoms with van der Waals surface area (Å²) in [6.45, 7) is 4.26. The molecule has 1 rings (SSSR count). The lowest BCUT2D eigenvalue weighted by Crippen LogP contribution is -2.23. The van der Waals surface area contributed by atoms with Gasteiger partial charge in [0.2, 0.25) is 5.43 Å². The SMILES string of the molecule is Cc1cc(=O)c(O)c(CN(C)C)n1CCCN(C)C. The summed E-state index contributed by atoms with van der Waals surface area (Å²) in [5, 5.41) is 9.99. The van der Waals surface area contributed by atoms with Crippen LogP contribution < -0.4 is 5.43 Å². The van der Waals surface area contributed by atoms with E-state index in [1.165, 1.54) is 6.07 Å². The molecule has 0 aromatic carbocycles. The third kappa shape index (κ3) is 4.36. The van der Waals surface area contributed by atoms with Crippen LogP contribution in [0.15, 0.2) is 10.9 Å². The molecule has 108 valence electrons. The van der Waals surface area contributed by atoms with Crippen LogP contribution in [0.4, 0.5) is 0 Å².